The van der Waals surface area contributed by atoms with Crippen LogP contribution in [0.25, 0.3) is 0 Å². The molecule has 1 aliphatic rings. The number of para-hydroxylation sites is 1. The summed E-state index contributed by atoms with van der Waals surface area (Å²) in [6.07, 6.45) is 0.557. The van der Waals surface area contributed by atoms with Crippen molar-refractivity contribution in [3.8, 4) is 0 Å². The lowest BCUT2D eigenvalue weighted by Gasteiger charge is -2.23. The fourth-order valence-corrected chi connectivity index (χ4v) is 2.73. The number of carboxylic acid groups (broad SMARTS) is 1. The van der Waals surface area contributed by atoms with E-state index in [4.69, 9.17) is 5.11 Å². The molecule has 8 heteroatoms. The molecule has 6 nitrogen and oxygen atoms in total. The molecule has 0 spiro atoms. The number of nitrogens with zero attached hydrogens (tertiary/aromatic N) is 2. The Morgan fingerprint density at radius 2 is 2.04 bits per heavy atom. The molecule has 0 saturated carbocycles. The number of nitrogens with one attached hydrogen (secondary N) is 1. The van der Waals surface area contributed by atoms with Gasteiger partial charge in [0.25, 0.3) is 0 Å². The molecular formula is C16H21F2N3O3. The van der Waals surface area contributed by atoms with Gasteiger partial charge in [-0.1, -0.05) is 13.0 Å². The van der Waals surface area contributed by atoms with Crippen LogP contribution in [0.1, 0.15) is 13.3 Å². The molecule has 1 aromatic carbocycles. The molecule has 1 aliphatic heterocycles. The van der Waals surface area contributed by atoms with Gasteiger partial charge in [-0.15, -0.1) is 0 Å². The Hall–Kier alpha value is -2.38. The van der Waals surface area contributed by atoms with E-state index >= 15 is 0 Å². The third-order valence-corrected chi connectivity index (χ3v) is 4.09. The Bertz CT molecular complexity index is 606. The van der Waals surface area contributed by atoms with Gasteiger partial charge >= 0.3 is 12.0 Å². The van der Waals surface area contributed by atoms with Gasteiger partial charge in [0.2, 0.25) is 0 Å². The van der Waals surface area contributed by atoms with E-state index in [0.717, 1.165) is 0 Å². The predicted molar refractivity (Wildman–Crippen MR) is 84.9 cm³/mol. The lowest BCUT2D eigenvalue weighted by atomic mass is 10.2. The molecule has 0 radical (unpaired) electrons. The van der Waals surface area contributed by atoms with Gasteiger partial charge in [-0.2, -0.15) is 0 Å². The van der Waals surface area contributed by atoms with Crippen LogP contribution in [0.3, 0.4) is 0 Å². The van der Waals surface area contributed by atoms with Crippen molar-refractivity contribution in [2.24, 2.45) is 5.92 Å². The molecule has 2 amide bonds. The topological polar surface area (TPSA) is 72.9 Å². The van der Waals surface area contributed by atoms with Crippen LogP contribution in [0.15, 0.2) is 18.2 Å². The van der Waals surface area contributed by atoms with E-state index in [1.165, 1.54) is 37.1 Å². The number of amides is 2. The van der Waals surface area contributed by atoms with Crippen molar-refractivity contribution in [2.45, 2.75) is 19.4 Å². The third-order valence-electron chi connectivity index (χ3n) is 4.09. The number of halogens is 2. The molecule has 0 aliphatic carbocycles. The first-order valence-corrected chi connectivity index (χ1v) is 7.73. The minimum Gasteiger partial charge on any atom is -0.481 e. The molecule has 132 valence electrons. The number of rotatable bonds is 5. The van der Waals surface area contributed by atoms with E-state index in [1.54, 1.807) is 4.90 Å². The minimum atomic E-state index is -0.975. The van der Waals surface area contributed by atoms with Crippen LogP contribution in [0.5, 0.6) is 0 Å². The first-order valence-electron chi connectivity index (χ1n) is 7.73. The van der Waals surface area contributed by atoms with Gasteiger partial charge in [-0.25, -0.2) is 13.6 Å². The third kappa shape index (κ3) is 4.12. The average molecular weight is 341 g/mol. The van der Waals surface area contributed by atoms with Crippen LogP contribution in [0.2, 0.25) is 0 Å². The zero-order valence-electron chi connectivity index (χ0n) is 13.6. The Morgan fingerprint density at radius 1 is 1.42 bits per heavy atom. The van der Waals surface area contributed by atoms with Gasteiger partial charge in [-0.05, 0) is 18.6 Å². The molecule has 24 heavy (non-hydrogen) atoms. The monoisotopic (exact) mass is 341 g/mol. The maximum atomic E-state index is 13.8. The number of carboxylic acids is 1. The predicted octanol–water partition coefficient (Wildman–Crippen LogP) is 1.91. The summed E-state index contributed by atoms with van der Waals surface area (Å²) in [6, 6.07) is 3.06. The molecule has 1 heterocycles. The van der Waals surface area contributed by atoms with Crippen LogP contribution < -0.4 is 10.2 Å². The summed E-state index contributed by atoms with van der Waals surface area (Å²) < 4.78 is 27.6. The standard InChI is InChI=1S/C16H21F2N3O3/c1-10(15(22)23)8-20(2)16(24)19-11-6-7-21(9-11)14-12(17)4-3-5-13(14)18/h3-5,10-11H,6-9H2,1-2H3,(H,19,24)(H,22,23). The van der Waals surface area contributed by atoms with Crippen LogP contribution in [0, 0.1) is 17.6 Å². The Balaban J connectivity index is 1.92. The summed E-state index contributed by atoms with van der Waals surface area (Å²) in [5.41, 5.74) is -0.0814. The minimum absolute atomic E-state index is 0.0814. The Kier molecular flexibility index (Phi) is 5.58. The van der Waals surface area contributed by atoms with Crippen molar-refractivity contribution in [3.63, 3.8) is 0 Å². The lowest BCUT2D eigenvalue weighted by Crippen LogP contribution is -2.46. The number of hydrogen-bond donors (Lipinski definition) is 2. The van der Waals surface area contributed by atoms with Crippen LogP contribution in [-0.2, 0) is 4.79 Å². The fourth-order valence-electron chi connectivity index (χ4n) is 2.73. The number of carbonyl (C=O) groups excluding carboxylic acids is 1. The van der Waals surface area contributed by atoms with Crippen molar-refractivity contribution in [1.29, 1.82) is 0 Å². The van der Waals surface area contributed by atoms with E-state index in [-0.39, 0.29) is 18.3 Å². The summed E-state index contributed by atoms with van der Waals surface area (Å²) in [6.45, 7) is 2.33. The van der Waals surface area contributed by atoms with Crippen molar-refractivity contribution in [3.05, 3.63) is 29.8 Å². The number of hydrogen-bond acceptors (Lipinski definition) is 3. The van der Waals surface area contributed by atoms with E-state index in [9.17, 15) is 18.4 Å². The number of urea groups is 1. The van der Waals surface area contributed by atoms with E-state index < -0.39 is 29.6 Å². The quantitative estimate of drug-likeness (QED) is 0.858. The summed E-state index contributed by atoms with van der Waals surface area (Å²) >= 11 is 0. The second-order valence-corrected chi connectivity index (χ2v) is 6.07. The summed E-state index contributed by atoms with van der Waals surface area (Å²) in [7, 11) is 1.51. The zero-order valence-corrected chi connectivity index (χ0v) is 13.6. The smallest absolute Gasteiger partial charge is 0.317 e. The van der Waals surface area contributed by atoms with Crippen molar-refractivity contribution < 1.29 is 23.5 Å². The van der Waals surface area contributed by atoms with Gasteiger partial charge in [0, 0.05) is 32.7 Å². The molecule has 2 rings (SSSR count). The number of anilines is 1. The molecule has 1 aromatic rings. The maximum Gasteiger partial charge on any atom is 0.317 e. The van der Waals surface area contributed by atoms with Crippen molar-refractivity contribution in [2.75, 3.05) is 31.6 Å². The first-order chi connectivity index (χ1) is 11.3. The highest BCUT2D eigenvalue weighted by Crippen LogP contribution is 2.26. The van der Waals surface area contributed by atoms with Gasteiger partial charge in [-0.3, -0.25) is 4.79 Å². The lowest BCUT2D eigenvalue weighted by molar-refractivity contribution is -0.141. The summed E-state index contributed by atoms with van der Waals surface area (Å²) in [5.74, 6) is -2.91. The highest BCUT2D eigenvalue weighted by atomic mass is 19.1. The van der Waals surface area contributed by atoms with Crippen molar-refractivity contribution >= 4 is 17.7 Å². The van der Waals surface area contributed by atoms with E-state index in [1.807, 2.05) is 0 Å². The molecular weight excluding hydrogens is 320 g/mol. The van der Waals surface area contributed by atoms with Crippen LogP contribution in [-0.4, -0.2) is 54.7 Å². The fraction of sp³-hybridized carbons (Fsp3) is 0.500. The molecule has 0 aromatic heterocycles. The van der Waals surface area contributed by atoms with E-state index in [2.05, 4.69) is 5.32 Å². The first kappa shape index (κ1) is 18.0. The number of benzene rings is 1. The highest BCUT2D eigenvalue weighted by molar-refractivity contribution is 5.76. The normalized spacial score (nSPS) is 18.3. The van der Waals surface area contributed by atoms with Gasteiger partial charge in [0.05, 0.1) is 5.92 Å². The van der Waals surface area contributed by atoms with Crippen LogP contribution in [0.4, 0.5) is 19.3 Å². The van der Waals surface area contributed by atoms with E-state index in [0.29, 0.717) is 19.5 Å². The molecule has 1 saturated heterocycles. The largest absolute Gasteiger partial charge is 0.481 e. The highest BCUT2D eigenvalue weighted by Gasteiger charge is 2.28. The van der Waals surface area contributed by atoms with Gasteiger partial charge < -0.3 is 20.2 Å². The summed E-state index contributed by atoms with van der Waals surface area (Å²) in [4.78, 5) is 25.8. The zero-order chi connectivity index (χ0) is 17.9. The second-order valence-electron chi connectivity index (χ2n) is 6.07. The van der Waals surface area contributed by atoms with Crippen molar-refractivity contribution in [1.82, 2.24) is 10.2 Å². The van der Waals surface area contributed by atoms with Crippen LogP contribution >= 0.6 is 0 Å². The van der Waals surface area contributed by atoms with Gasteiger partial charge in [0.1, 0.15) is 17.3 Å². The average Bonchev–Trinajstić information content (AvgIpc) is 2.94. The molecule has 2 atom stereocenters. The molecule has 0 bridgehead atoms. The number of aliphatic carboxylic acids is 1. The Labute approximate surface area is 139 Å². The van der Waals surface area contributed by atoms with Gasteiger partial charge in [0.15, 0.2) is 0 Å². The number of carbonyl (C=O) groups is 2. The Morgan fingerprint density at radius 3 is 2.62 bits per heavy atom. The second kappa shape index (κ2) is 7.46. The SMILES string of the molecule is CC(CN(C)C(=O)NC1CCN(c2c(F)cccc2F)C1)C(=O)O. The molecule has 2 N–H and O–H groups in total. The maximum absolute atomic E-state index is 13.8. The summed E-state index contributed by atoms with van der Waals surface area (Å²) in [5, 5.41) is 11.6. The molecule has 2 unspecified atom stereocenters. The molecule has 1 fully saturated rings.